The van der Waals surface area contributed by atoms with Crippen molar-refractivity contribution in [3.8, 4) is 6.07 Å². The largest absolute Gasteiger partial charge is 0.463 e. The molecule has 0 aliphatic carbocycles. The molecular formula is C20H18FN3O2. The fourth-order valence-corrected chi connectivity index (χ4v) is 2.97. The summed E-state index contributed by atoms with van der Waals surface area (Å²) >= 11 is 0. The summed E-state index contributed by atoms with van der Waals surface area (Å²) in [6, 6.07) is 15.2. The molecule has 0 fully saturated rings. The van der Waals surface area contributed by atoms with Gasteiger partial charge in [0.15, 0.2) is 0 Å². The summed E-state index contributed by atoms with van der Waals surface area (Å²) in [4.78, 5) is 12.5. The lowest BCUT2D eigenvalue weighted by molar-refractivity contribution is -0.138. The molecule has 2 aromatic rings. The third-order valence-corrected chi connectivity index (χ3v) is 4.21. The van der Waals surface area contributed by atoms with Crippen LogP contribution in [-0.2, 0) is 9.53 Å². The van der Waals surface area contributed by atoms with Crippen molar-refractivity contribution in [1.82, 2.24) is 5.01 Å². The number of esters is 1. The number of halogens is 1. The first kappa shape index (κ1) is 17.5. The Labute approximate surface area is 151 Å². The van der Waals surface area contributed by atoms with Crippen molar-refractivity contribution in [3.63, 3.8) is 0 Å². The van der Waals surface area contributed by atoms with E-state index in [9.17, 15) is 9.18 Å². The fourth-order valence-electron chi connectivity index (χ4n) is 2.97. The molecular weight excluding hydrogens is 333 g/mol. The van der Waals surface area contributed by atoms with Crippen molar-refractivity contribution in [1.29, 1.82) is 5.26 Å². The maximum atomic E-state index is 13.3. The molecule has 6 heteroatoms. The Morgan fingerprint density at radius 1 is 1.19 bits per heavy atom. The van der Waals surface area contributed by atoms with Crippen molar-refractivity contribution in [2.75, 3.05) is 25.2 Å². The minimum Gasteiger partial charge on any atom is -0.463 e. The normalized spacial score (nSPS) is 13.8. The summed E-state index contributed by atoms with van der Waals surface area (Å²) < 4.78 is 18.5. The van der Waals surface area contributed by atoms with Gasteiger partial charge in [-0.05, 0) is 55.5 Å². The van der Waals surface area contributed by atoms with Gasteiger partial charge in [0.05, 0.1) is 41.7 Å². The molecule has 1 aliphatic rings. The van der Waals surface area contributed by atoms with Gasteiger partial charge < -0.3 is 4.74 Å². The third kappa shape index (κ3) is 3.24. The highest BCUT2D eigenvalue weighted by atomic mass is 19.1. The summed E-state index contributed by atoms with van der Waals surface area (Å²) in [6.45, 7) is 2.36. The minimum atomic E-state index is -0.394. The Balaban J connectivity index is 2.00. The maximum absolute atomic E-state index is 13.3. The molecule has 0 unspecified atom stereocenters. The lowest BCUT2D eigenvalue weighted by Gasteiger charge is -2.30. The molecule has 0 bridgehead atoms. The van der Waals surface area contributed by atoms with Crippen LogP contribution in [0.25, 0.3) is 5.70 Å². The van der Waals surface area contributed by atoms with Crippen LogP contribution in [-0.4, -0.2) is 31.2 Å². The van der Waals surface area contributed by atoms with E-state index in [1.807, 2.05) is 29.2 Å². The second-order valence-corrected chi connectivity index (χ2v) is 5.79. The number of hydrogen-bond acceptors (Lipinski definition) is 5. The zero-order valence-corrected chi connectivity index (χ0v) is 14.6. The van der Waals surface area contributed by atoms with Gasteiger partial charge in [-0.15, -0.1) is 0 Å². The van der Waals surface area contributed by atoms with E-state index in [0.29, 0.717) is 23.4 Å². The van der Waals surface area contributed by atoms with Crippen LogP contribution in [0.2, 0.25) is 0 Å². The van der Waals surface area contributed by atoms with Gasteiger partial charge >= 0.3 is 5.97 Å². The van der Waals surface area contributed by atoms with Crippen LogP contribution in [0.3, 0.4) is 0 Å². The fraction of sp³-hybridized carbons (Fsp3) is 0.200. The number of ether oxygens (including phenoxy) is 1. The van der Waals surface area contributed by atoms with Gasteiger partial charge in [-0.25, -0.2) is 9.18 Å². The number of carbonyl (C=O) groups excluding carboxylic acids is 1. The molecule has 0 saturated heterocycles. The molecule has 0 spiro atoms. The molecule has 0 atom stereocenters. The lowest BCUT2D eigenvalue weighted by Crippen LogP contribution is -2.34. The summed E-state index contributed by atoms with van der Waals surface area (Å²) in [7, 11) is 1.84. The van der Waals surface area contributed by atoms with Crippen LogP contribution in [0.15, 0.2) is 54.1 Å². The molecule has 1 heterocycles. The van der Waals surface area contributed by atoms with Gasteiger partial charge in [0, 0.05) is 12.6 Å². The molecule has 3 rings (SSSR count). The Bertz CT molecular complexity index is 883. The number of nitriles is 1. The molecule has 132 valence electrons. The van der Waals surface area contributed by atoms with E-state index in [1.54, 1.807) is 31.2 Å². The number of anilines is 1. The zero-order chi connectivity index (χ0) is 18.7. The van der Waals surface area contributed by atoms with Gasteiger partial charge in [0.2, 0.25) is 0 Å². The average molecular weight is 351 g/mol. The van der Waals surface area contributed by atoms with Crippen LogP contribution < -0.4 is 5.01 Å². The van der Waals surface area contributed by atoms with Crippen LogP contribution in [0.1, 0.15) is 18.1 Å². The molecule has 0 saturated carbocycles. The number of rotatable bonds is 4. The number of nitrogens with zero attached hydrogens (tertiary/aromatic N) is 3. The first-order valence-corrected chi connectivity index (χ1v) is 8.22. The monoisotopic (exact) mass is 351 g/mol. The van der Waals surface area contributed by atoms with Crippen molar-refractivity contribution < 1.29 is 13.9 Å². The highest BCUT2D eigenvalue weighted by Gasteiger charge is 2.33. The van der Waals surface area contributed by atoms with E-state index >= 15 is 0 Å². The Kier molecular flexibility index (Phi) is 4.90. The second kappa shape index (κ2) is 7.28. The molecule has 0 amide bonds. The van der Waals surface area contributed by atoms with Crippen molar-refractivity contribution in [2.24, 2.45) is 0 Å². The van der Waals surface area contributed by atoms with Gasteiger partial charge in [0.1, 0.15) is 5.82 Å². The molecule has 2 aromatic carbocycles. The van der Waals surface area contributed by atoms with E-state index in [1.165, 1.54) is 12.1 Å². The molecule has 0 N–H and O–H groups in total. The minimum absolute atomic E-state index is 0.277. The first-order valence-electron chi connectivity index (χ1n) is 8.22. The van der Waals surface area contributed by atoms with Crippen molar-refractivity contribution in [3.05, 3.63) is 71.0 Å². The highest BCUT2D eigenvalue weighted by molar-refractivity contribution is 6.00. The van der Waals surface area contributed by atoms with Crippen LogP contribution in [0, 0.1) is 17.1 Å². The summed E-state index contributed by atoms with van der Waals surface area (Å²) in [5.41, 5.74) is 3.31. The number of benzene rings is 2. The van der Waals surface area contributed by atoms with E-state index < -0.39 is 5.97 Å². The van der Waals surface area contributed by atoms with Crippen LogP contribution >= 0.6 is 0 Å². The predicted octanol–water partition coefficient (Wildman–Crippen LogP) is 3.34. The topological polar surface area (TPSA) is 56.6 Å². The lowest BCUT2D eigenvalue weighted by atomic mass is 10.1. The maximum Gasteiger partial charge on any atom is 0.338 e. The SMILES string of the molecule is CCOC(=O)C1=C(c2ccc(F)cc2)N(C)N(c2ccc(C#N)cc2)C1. The molecule has 26 heavy (non-hydrogen) atoms. The van der Waals surface area contributed by atoms with E-state index in [2.05, 4.69) is 6.07 Å². The number of hydrogen-bond donors (Lipinski definition) is 0. The Hall–Kier alpha value is -3.33. The predicted molar refractivity (Wildman–Crippen MR) is 96.2 cm³/mol. The van der Waals surface area contributed by atoms with Crippen LogP contribution in [0.4, 0.5) is 10.1 Å². The van der Waals surface area contributed by atoms with Gasteiger partial charge in [0.25, 0.3) is 0 Å². The second-order valence-electron chi connectivity index (χ2n) is 5.79. The van der Waals surface area contributed by atoms with E-state index in [-0.39, 0.29) is 12.4 Å². The Morgan fingerprint density at radius 3 is 2.42 bits per heavy atom. The van der Waals surface area contributed by atoms with Crippen LogP contribution in [0.5, 0.6) is 0 Å². The van der Waals surface area contributed by atoms with Crippen molar-refractivity contribution in [2.45, 2.75) is 6.92 Å². The third-order valence-electron chi connectivity index (χ3n) is 4.21. The zero-order valence-electron chi connectivity index (χ0n) is 14.6. The summed E-state index contributed by atoms with van der Waals surface area (Å²) in [5, 5.41) is 12.7. The highest BCUT2D eigenvalue weighted by Crippen LogP contribution is 2.34. The molecule has 0 radical (unpaired) electrons. The van der Waals surface area contributed by atoms with Gasteiger partial charge in [-0.3, -0.25) is 10.0 Å². The standard InChI is InChI=1S/C20H18FN3O2/c1-3-26-20(25)18-13-24(17-10-4-14(12-22)5-11-17)23(2)19(18)15-6-8-16(21)9-7-15/h4-11H,3,13H2,1-2H3. The van der Waals surface area contributed by atoms with E-state index in [4.69, 9.17) is 10.00 Å². The number of hydrazine groups is 1. The van der Waals surface area contributed by atoms with Crippen molar-refractivity contribution >= 4 is 17.4 Å². The van der Waals surface area contributed by atoms with E-state index in [0.717, 1.165) is 11.3 Å². The molecule has 5 nitrogen and oxygen atoms in total. The molecule has 1 aliphatic heterocycles. The first-order chi connectivity index (χ1) is 12.5. The quantitative estimate of drug-likeness (QED) is 0.791. The number of carbonyl (C=O) groups is 1. The molecule has 0 aromatic heterocycles. The van der Waals surface area contributed by atoms with Gasteiger partial charge in [-0.1, -0.05) is 0 Å². The Morgan fingerprint density at radius 2 is 1.85 bits per heavy atom. The average Bonchev–Trinajstić information content (AvgIpc) is 3.00. The summed E-state index contributed by atoms with van der Waals surface area (Å²) in [6.07, 6.45) is 0. The summed E-state index contributed by atoms with van der Waals surface area (Å²) in [5.74, 6) is -0.730. The smallest absolute Gasteiger partial charge is 0.338 e. The van der Waals surface area contributed by atoms with Gasteiger partial charge in [-0.2, -0.15) is 5.26 Å².